The summed E-state index contributed by atoms with van der Waals surface area (Å²) in [7, 11) is 1.24. The van der Waals surface area contributed by atoms with Crippen LogP contribution in [0.4, 0.5) is 0 Å². The van der Waals surface area contributed by atoms with Crippen molar-refractivity contribution >= 4 is 17.8 Å². The van der Waals surface area contributed by atoms with Crippen molar-refractivity contribution in [2.75, 3.05) is 7.11 Å². The first-order valence-electron chi connectivity index (χ1n) is 6.08. The average molecular weight is 257 g/mol. The van der Waals surface area contributed by atoms with Crippen LogP contribution in [0.2, 0.25) is 0 Å². The molecule has 1 unspecified atom stereocenters. The van der Waals surface area contributed by atoms with Crippen molar-refractivity contribution in [3.8, 4) is 0 Å². The van der Waals surface area contributed by atoms with Gasteiger partial charge in [-0.25, -0.2) is 4.79 Å². The van der Waals surface area contributed by atoms with Gasteiger partial charge in [-0.05, 0) is 19.8 Å². The Hall–Kier alpha value is -1.59. The number of amides is 1. The molecule has 3 atom stereocenters. The van der Waals surface area contributed by atoms with Crippen LogP contribution < -0.4 is 5.32 Å². The quantitative estimate of drug-likeness (QED) is 0.718. The van der Waals surface area contributed by atoms with Crippen LogP contribution in [0.25, 0.3) is 0 Å². The Kier molecular flexibility index (Phi) is 5.12. The first kappa shape index (κ1) is 14.5. The summed E-state index contributed by atoms with van der Waals surface area (Å²) in [6, 6.07) is -0.751. The molecule has 0 saturated heterocycles. The van der Waals surface area contributed by atoms with Crippen molar-refractivity contribution in [2.24, 2.45) is 11.8 Å². The second-order valence-corrected chi connectivity index (χ2v) is 4.59. The van der Waals surface area contributed by atoms with Gasteiger partial charge in [0.05, 0.1) is 18.9 Å². The molecule has 18 heavy (non-hydrogen) atoms. The number of carbonyl (C=O) groups is 3. The van der Waals surface area contributed by atoms with Gasteiger partial charge in [-0.3, -0.25) is 9.59 Å². The molecule has 1 fully saturated rings. The summed E-state index contributed by atoms with van der Waals surface area (Å²) >= 11 is 0. The number of rotatable bonds is 4. The Balaban J connectivity index is 2.63. The third-order valence-corrected chi connectivity index (χ3v) is 3.33. The van der Waals surface area contributed by atoms with E-state index in [9.17, 15) is 14.4 Å². The lowest BCUT2D eigenvalue weighted by molar-refractivity contribution is -0.150. The number of nitrogens with one attached hydrogen (secondary N) is 1. The van der Waals surface area contributed by atoms with E-state index in [-0.39, 0.29) is 5.91 Å². The Morgan fingerprint density at radius 1 is 1.22 bits per heavy atom. The predicted octanol–water partition coefficient (Wildman–Crippen LogP) is 0.555. The highest BCUT2D eigenvalue weighted by molar-refractivity contribution is 5.88. The molecule has 1 rings (SSSR count). The SMILES string of the molecule is COC(=O)C(C)NC(=O)[C@@H]1CCCC[C@@H]1C(=O)O. The molecule has 1 aliphatic carbocycles. The molecule has 0 aliphatic heterocycles. The monoisotopic (exact) mass is 257 g/mol. The number of carbonyl (C=O) groups excluding carboxylic acids is 2. The Labute approximate surface area is 106 Å². The van der Waals surface area contributed by atoms with Crippen molar-refractivity contribution in [3.05, 3.63) is 0 Å². The molecule has 0 radical (unpaired) electrons. The second kappa shape index (κ2) is 6.37. The van der Waals surface area contributed by atoms with Crippen LogP contribution in [0.1, 0.15) is 32.6 Å². The van der Waals surface area contributed by atoms with Gasteiger partial charge in [-0.2, -0.15) is 0 Å². The van der Waals surface area contributed by atoms with Crippen LogP contribution in [-0.2, 0) is 19.1 Å². The number of hydrogen-bond donors (Lipinski definition) is 2. The minimum absolute atomic E-state index is 0.375. The Morgan fingerprint density at radius 3 is 2.28 bits per heavy atom. The third kappa shape index (κ3) is 3.45. The van der Waals surface area contributed by atoms with Gasteiger partial charge < -0.3 is 15.2 Å². The van der Waals surface area contributed by atoms with E-state index >= 15 is 0 Å². The van der Waals surface area contributed by atoms with E-state index < -0.39 is 29.8 Å². The van der Waals surface area contributed by atoms with Crippen LogP contribution in [0, 0.1) is 11.8 Å². The fourth-order valence-corrected chi connectivity index (χ4v) is 2.30. The zero-order valence-corrected chi connectivity index (χ0v) is 10.6. The topological polar surface area (TPSA) is 92.7 Å². The van der Waals surface area contributed by atoms with E-state index in [0.717, 1.165) is 12.8 Å². The molecule has 0 heterocycles. The lowest BCUT2D eigenvalue weighted by Crippen LogP contribution is -2.46. The molecule has 0 aromatic heterocycles. The Morgan fingerprint density at radius 2 is 1.78 bits per heavy atom. The second-order valence-electron chi connectivity index (χ2n) is 4.59. The lowest BCUT2D eigenvalue weighted by Gasteiger charge is -2.28. The predicted molar refractivity (Wildman–Crippen MR) is 62.7 cm³/mol. The van der Waals surface area contributed by atoms with Crippen molar-refractivity contribution in [2.45, 2.75) is 38.6 Å². The van der Waals surface area contributed by atoms with Gasteiger partial charge in [0.25, 0.3) is 0 Å². The molecule has 1 amide bonds. The van der Waals surface area contributed by atoms with Crippen molar-refractivity contribution in [3.63, 3.8) is 0 Å². The van der Waals surface area contributed by atoms with E-state index in [1.165, 1.54) is 14.0 Å². The number of carboxylic acids is 1. The third-order valence-electron chi connectivity index (χ3n) is 3.33. The van der Waals surface area contributed by atoms with Gasteiger partial charge in [0.2, 0.25) is 5.91 Å². The van der Waals surface area contributed by atoms with Gasteiger partial charge in [0, 0.05) is 0 Å². The standard InChI is InChI=1S/C12H19NO5/c1-7(12(17)18-2)13-10(14)8-5-3-4-6-9(8)11(15)16/h7-9H,3-6H2,1-2H3,(H,13,14)(H,15,16)/t7?,8-,9+/m1/s1. The van der Waals surface area contributed by atoms with Crippen molar-refractivity contribution < 1.29 is 24.2 Å². The first-order valence-corrected chi connectivity index (χ1v) is 6.08. The highest BCUT2D eigenvalue weighted by atomic mass is 16.5. The summed E-state index contributed by atoms with van der Waals surface area (Å²) in [6.45, 7) is 1.52. The maximum absolute atomic E-state index is 12.0. The maximum atomic E-state index is 12.0. The number of methoxy groups -OCH3 is 1. The minimum atomic E-state index is -0.944. The van der Waals surface area contributed by atoms with Gasteiger partial charge in [0.15, 0.2) is 0 Å². The molecule has 2 N–H and O–H groups in total. The molecule has 0 aromatic rings. The minimum Gasteiger partial charge on any atom is -0.481 e. The lowest BCUT2D eigenvalue weighted by atomic mass is 9.78. The molecule has 6 nitrogen and oxygen atoms in total. The van der Waals surface area contributed by atoms with Crippen LogP contribution in [0.15, 0.2) is 0 Å². The van der Waals surface area contributed by atoms with Crippen molar-refractivity contribution in [1.29, 1.82) is 0 Å². The zero-order valence-electron chi connectivity index (χ0n) is 10.6. The van der Waals surface area contributed by atoms with E-state index in [1.807, 2.05) is 0 Å². The van der Waals surface area contributed by atoms with Crippen LogP contribution >= 0.6 is 0 Å². The molecule has 1 aliphatic rings. The summed E-state index contributed by atoms with van der Waals surface area (Å²) in [6.07, 6.45) is 2.73. The fourth-order valence-electron chi connectivity index (χ4n) is 2.30. The molecular formula is C12H19NO5. The van der Waals surface area contributed by atoms with E-state index in [2.05, 4.69) is 10.1 Å². The molecule has 0 aromatic carbocycles. The number of ether oxygens (including phenoxy) is 1. The largest absolute Gasteiger partial charge is 0.481 e. The zero-order chi connectivity index (χ0) is 13.7. The normalized spacial score (nSPS) is 25.0. The van der Waals surface area contributed by atoms with E-state index in [1.54, 1.807) is 0 Å². The Bertz CT molecular complexity index is 341. The molecule has 1 saturated carbocycles. The molecule has 0 spiro atoms. The number of hydrogen-bond acceptors (Lipinski definition) is 4. The highest BCUT2D eigenvalue weighted by Gasteiger charge is 2.36. The fraction of sp³-hybridized carbons (Fsp3) is 0.750. The number of carboxylic acid groups (broad SMARTS) is 1. The van der Waals surface area contributed by atoms with Gasteiger partial charge in [-0.1, -0.05) is 12.8 Å². The van der Waals surface area contributed by atoms with Gasteiger partial charge in [-0.15, -0.1) is 0 Å². The number of aliphatic carboxylic acids is 1. The smallest absolute Gasteiger partial charge is 0.328 e. The summed E-state index contributed by atoms with van der Waals surface area (Å²) in [5, 5.41) is 11.6. The summed E-state index contributed by atoms with van der Waals surface area (Å²) < 4.78 is 4.50. The van der Waals surface area contributed by atoms with E-state index in [4.69, 9.17) is 5.11 Å². The van der Waals surface area contributed by atoms with Crippen LogP contribution in [0.5, 0.6) is 0 Å². The van der Waals surface area contributed by atoms with Crippen LogP contribution in [0.3, 0.4) is 0 Å². The summed E-state index contributed by atoms with van der Waals surface area (Å²) in [5.41, 5.74) is 0. The van der Waals surface area contributed by atoms with Gasteiger partial charge in [0.1, 0.15) is 6.04 Å². The summed E-state index contributed by atoms with van der Waals surface area (Å²) in [5.74, 6) is -3.06. The molecular weight excluding hydrogens is 238 g/mol. The molecule has 6 heteroatoms. The van der Waals surface area contributed by atoms with E-state index in [0.29, 0.717) is 12.8 Å². The van der Waals surface area contributed by atoms with Crippen LogP contribution in [-0.4, -0.2) is 36.1 Å². The van der Waals surface area contributed by atoms with Gasteiger partial charge >= 0.3 is 11.9 Å². The highest BCUT2D eigenvalue weighted by Crippen LogP contribution is 2.30. The molecule has 0 bridgehead atoms. The summed E-state index contributed by atoms with van der Waals surface area (Å²) in [4.78, 5) is 34.2. The number of esters is 1. The maximum Gasteiger partial charge on any atom is 0.328 e. The average Bonchev–Trinajstić information content (AvgIpc) is 2.37. The molecule has 102 valence electrons. The van der Waals surface area contributed by atoms with Crippen molar-refractivity contribution in [1.82, 2.24) is 5.32 Å². The first-order chi connectivity index (χ1) is 8.47.